The summed E-state index contributed by atoms with van der Waals surface area (Å²) in [5, 5.41) is 7.46. The molecule has 0 spiro atoms. The Bertz CT molecular complexity index is 376. The SMILES string of the molecule is O=c1n([C@H]2CCNC2)cnn1[C@H]1CCOC1. The van der Waals surface area contributed by atoms with E-state index in [1.54, 1.807) is 15.6 Å². The summed E-state index contributed by atoms with van der Waals surface area (Å²) >= 11 is 0. The van der Waals surface area contributed by atoms with Crippen LogP contribution in [0.2, 0.25) is 0 Å². The van der Waals surface area contributed by atoms with Crippen LogP contribution < -0.4 is 11.0 Å². The van der Waals surface area contributed by atoms with Crippen LogP contribution >= 0.6 is 0 Å². The van der Waals surface area contributed by atoms with Gasteiger partial charge in [0.15, 0.2) is 0 Å². The summed E-state index contributed by atoms with van der Waals surface area (Å²) in [7, 11) is 0. The molecule has 16 heavy (non-hydrogen) atoms. The summed E-state index contributed by atoms with van der Waals surface area (Å²) in [5.41, 5.74) is 0.00389. The van der Waals surface area contributed by atoms with Crippen molar-refractivity contribution >= 4 is 0 Å². The molecule has 2 aliphatic heterocycles. The summed E-state index contributed by atoms with van der Waals surface area (Å²) in [6, 6.07) is 0.395. The van der Waals surface area contributed by atoms with E-state index < -0.39 is 0 Å². The van der Waals surface area contributed by atoms with Gasteiger partial charge in [-0.15, -0.1) is 0 Å². The van der Waals surface area contributed by atoms with Crippen molar-refractivity contribution in [3.05, 3.63) is 16.8 Å². The van der Waals surface area contributed by atoms with E-state index in [2.05, 4.69) is 10.4 Å². The Morgan fingerprint density at radius 1 is 1.44 bits per heavy atom. The highest BCUT2D eigenvalue weighted by Gasteiger charge is 2.24. The molecule has 3 rings (SSSR count). The molecule has 2 atom stereocenters. The third-order valence-electron chi connectivity index (χ3n) is 3.40. The summed E-state index contributed by atoms with van der Waals surface area (Å²) < 4.78 is 8.60. The molecule has 0 aromatic carbocycles. The van der Waals surface area contributed by atoms with E-state index in [4.69, 9.17) is 4.74 Å². The predicted octanol–water partition coefficient (Wildman–Crippen LogP) is -0.459. The molecule has 1 aromatic rings. The molecule has 1 aromatic heterocycles. The molecule has 6 nitrogen and oxygen atoms in total. The second-order valence-corrected chi connectivity index (χ2v) is 4.43. The van der Waals surface area contributed by atoms with Crippen LogP contribution in [0.3, 0.4) is 0 Å². The molecule has 6 heteroatoms. The molecule has 0 aliphatic carbocycles. The molecule has 3 heterocycles. The standard InChI is InChI=1S/C10H16N4O2/c15-10-13(8-1-3-11-5-8)7-12-14(10)9-2-4-16-6-9/h7-9,11H,1-6H2/t8-,9-/m0/s1. The molecule has 2 aliphatic rings. The number of aromatic nitrogens is 3. The third-order valence-corrected chi connectivity index (χ3v) is 3.40. The molecule has 0 saturated carbocycles. The van der Waals surface area contributed by atoms with Gasteiger partial charge in [0.05, 0.1) is 18.7 Å². The van der Waals surface area contributed by atoms with Gasteiger partial charge in [-0.2, -0.15) is 5.10 Å². The van der Waals surface area contributed by atoms with Crippen LogP contribution in [0.15, 0.2) is 11.1 Å². The van der Waals surface area contributed by atoms with Crippen molar-refractivity contribution in [1.82, 2.24) is 19.7 Å². The zero-order valence-corrected chi connectivity index (χ0v) is 9.13. The van der Waals surface area contributed by atoms with E-state index in [1.807, 2.05) is 0 Å². The Labute approximate surface area is 93.2 Å². The molecule has 0 radical (unpaired) electrons. The minimum atomic E-state index is 0.00389. The van der Waals surface area contributed by atoms with Gasteiger partial charge in [0.2, 0.25) is 0 Å². The number of hydrogen-bond acceptors (Lipinski definition) is 4. The van der Waals surface area contributed by atoms with E-state index in [9.17, 15) is 4.79 Å². The normalized spacial score (nSPS) is 30.0. The summed E-state index contributed by atoms with van der Waals surface area (Å²) in [5.74, 6) is 0. The van der Waals surface area contributed by atoms with E-state index in [-0.39, 0.29) is 17.8 Å². The smallest absolute Gasteiger partial charge is 0.346 e. The van der Waals surface area contributed by atoms with Crippen molar-refractivity contribution in [2.75, 3.05) is 26.3 Å². The lowest BCUT2D eigenvalue weighted by Gasteiger charge is -2.08. The van der Waals surface area contributed by atoms with Gasteiger partial charge in [-0.1, -0.05) is 0 Å². The lowest BCUT2D eigenvalue weighted by molar-refractivity contribution is 0.183. The van der Waals surface area contributed by atoms with Crippen LogP contribution in [-0.4, -0.2) is 40.7 Å². The molecule has 2 saturated heterocycles. The maximum Gasteiger partial charge on any atom is 0.346 e. The van der Waals surface area contributed by atoms with Gasteiger partial charge in [0.25, 0.3) is 0 Å². The van der Waals surface area contributed by atoms with Gasteiger partial charge in [0, 0.05) is 13.2 Å². The number of nitrogens with one attached hydrogen (secondary N) is 1. The summed E-state index contributed by atoms with van der Waals surface area (Å²) in [6.07, 6.45) is 3.56. The Kier molecular flexibility index (Phi) is 2.53. The molecule has 0 bridgehead atoms. The Hall–Kier alpha value is -1.14. The van der Waals surface area contributed by atoms with Crippen molar-refractivity contribution < 1.29 is 4.74 Å². The molecule has 2 fully saturated rings. The number of nitrogens with zero attached hydrogens (tertiary/aromatic N) is 3. The number of hydrogen-bond donors (Lipinski definition) is 1. The van der Waals surface area contributed by atoms with Crippen molar-refractivity contribution in [3.8, 4) is 0 Å². The van der Waals surface area contributed by atoms with Gasteiger partial charge >= 0.3 is 5.69 Å². The molecule has 0 amide bonds. The molecule has 1 N–H and O–H groups in total. The second-order valence-electron chi connectivity index (χ2n) is 4.43. The first-order chi connectivity index (χ1) is 7.86. The maximum atomic E-state index is 12.1. The van der Waals surface area contributed by atoms with Crippen LogP contribution in [0.1, 0.15) is 24.9 Å². The van der Waals surface area contributed by atoms with E-state index >= 15 is 0 Å². The Balaban J connectivity index is 1.87. The number of rotatable bonds is 2. The van der Waals surface area contributed by atoms with Gasteiger partial charge in [0.1, 0.15) is 6.33 Å². The summed E-state index contributed by atoms with van der Waals surface area (Å²) in [6.45, 7) is 3.19. The Morgan fingerprint density at radius 2 is 2.38 bits per heavy atom. The van der Waals surface area contributed by atoms with Crippen molar-refractivity contribution in [2.24, 2.45) is 0 Å². The first-order valence-corrected chi connectivity index (χ1v) is 5.80. The fourth-order valence-corrected chi connectivity index (χ4v) is 2.42. The first-order valence-electron chi connectivity index (χ1n) is 5.80. The lowest BCUT2D eigenvalue weighted by Crippen LogP contribution is -2.31. The molecular formula is C10H16N4O2. The van der Waals surface area contributed by atoms with Crippen LogP contribution in [-0.2, 0) is 4.74 Å². The lowest BCUT2D eigenvalue weighted by atomic mass is 10.2. The van der Waals surface area contributed by atoms with Crippen LogP contribution in [0, 0.1) is 0 Å². The molecular weight excluding hydrogens is 208 g/mol. The average molecular weight is 224 g/mol. The van der Waals surface area contributed by atoms with Gasteiger partial charge < -0.3 is 10.1 Å². The predicted molar refractivity (Wildman–Crippen MR) is 57.5 cm³/mol. The quantitative estimate of drug-likeness (QED) is 0.738. The topological polar surface area (TPSA) is 61.1 Å². The zero-order chi connectivity index (χ0) is 11.0. The third kappa shape index (κ3) is 1.58. The van der Waals surface area contributed by atoms with Gasteiger partial charge in [-0.05, 0) is 19.4 Å². The minimum absolute atomic E-state index is 0.00389. The monoisotopic (exact) mass is 224 g/mol. The van der Waals surface area contributed by atoms with Crippen molar-refractivity contribution in [2.45, 2.75) is 24.9 Å². The largest absolute Gasteiger partial charge is 0.379 e. The maximum absolute atomic E-state index is 12.1. The fourth-order valence-electron chi connectivity index (χ4n) is 2.42. The highest BCUT2D eigenvalue weighted by molar-refractivity contribution is 4.84. The van der Waals surface area contributed by atoms with E-state index in [0.717, 1.165) is 32.5 Å². The van der Waals surface area contributed by atoms with Gasteiger partial charge in [-0.3, -0.25) is 4.57 Å². The molecule has 88 valence electrons. The van der Waals surface area contributed by atoms with Crippen LogP contribution in [0.25, 0.3) is 0 Å². The van der Waals surface area contributed by atoms with E-state index in [1.165, 1.54) is 0 Å². The van der Waals surface area contributed by atoms with Crippen molar-refractivity contribution in [1.29, 1.82) is 0 Å². The summed E-state index contributed by atoms with van der Waals surface area (Å²) in [4.78, 5) is 12.1. The highest BCUT2D eigenvalue weighted by Crippen LogP contribution is 2.17. The average Bonchev–Trinajstić information content (AvgIpc) is 2.96. The van der Waals surface area contributed by atoms with Crippen LogP contribution in [0.5, 0.6) is 0 Å². The van der Waals surface area contributed by atoms with Gasteiger partial charge in [-0.25, -0.2) is 9.48 Å². The minimum Gasteiger partial charge on any atom is -0.379 e. The Morgan fingerprint density at radius 3 is 3.06 bits per heavy atom. The fraction of sp³-hybridized carbons (Fsp3) is 0.800. The highest BCUT2D eigenvalue weighted by atomic mass is 16.5. The zero-order valence-electron chi connectivity index (χ0n) is 9.13. The first kappa shape index (κ1) is 10.0. The second kappa shape index (κ2) is 4.03. The number of ether oxygens (including phenoxy) is 1. The van der Waals surface area contributed by atoms with Crippen molar-refractivity contribution in [3.63, 3.8) is 0 Å². The van der Waals surface area contributed by atoms with E-state index in [0.29, 0.717) is 6.61 Å². The van der Waals surface area contributed by atoms with Crippen LogP contribution in [0.4, 0.5) is 0 Å². The molecule has 0 unspecified atom stereocenters.